The van der Waals surface area contributed by atoms with Crippen molar-refractivity contribution in [2.24, 2.45) is 0 Å². The van der Waals surface area contributed by atoms with Gasteiger partial charge >= 0.3 is 5.97 Å². The van der Waals surface area contributed by atoms with Crippen LogP contribution in [0.3, 0.4) is 0 Å². The van der Waals surface area contributed by atoms with Crippen LogP contribution in [-0.4, -0.2) is 32.1 Å². The highest BCUT2D eigenvalue weighted by molar-refractivity contribution is 7.16. The number of thiophene rings is 1. The molecule has 0 aromatic carbocycles. The number of carboxylic acids is 1. The number of amides is 1. The largest absolute Gasteiger partial charge is 0.480 e. The van der Waals surface area contributed by atoms with Gasteiger partial charge in [-0.05, 0) is 24.8 Å². The minimum absolute atomic E-state index is 0.0140. The molecule has 22 heavy (non-hydrogen) atoms. The first-order valence-corrected chi connectivity index (χ1v) is 7.72. The van der Waals surface area contributed by atoms with Gasteiger partial charge in [0.05, 0.1) is 11.7 Å². The Kier molecular flexibility index (Phi) is 4.60. The van der Waals surface area contributed by atoms with E-state index < -0.39 is 17.4 Å². The number of carbonyl (C=O) groups is 2. The van der Waals surface area contributed by atoms with Gasteiger partial charge in [0.2, 0.25) is 5.91 Å². The van der Waals surface area contributed by atoms with Crippen molar-refractivity contribution in [1.82, 2.24) is 14.9 Å². The Morgan fingerprint density at radius 2 is 2.23 bits per heavy atom. The van der Waals surface area contributed by atoms with Gasteiger partial charge in [-0.25, -0.2) is 9.78 Å². The van der Waals surface area contributed by atoms with Crippen molar-refractivity contribution in [2.75, 3.05) is 0 Å². The highest BCUT2D eigenvalue weighted by Crippen LogP contribution is 2.13. The molecule has 2 N–H and O–H groups in total. The van der Waals surface area contributed by atoms with E-state index in [1.165, 1.54) is 29.2 Å². The molecule has 1 unspecified atom stereocenters. The zero-order chi connectivity index (χ0) is 16.3. The Morgan fingerprint density at radius 3 is 2.86 bits per heavy atom. The summed E-state index contributed by atoms with van der Waals surface area (Å²) in [6.45, 7) is 3.30. The molecule has 0 aliphatic heterocycles. The third kappa shape index (κ3) is 3.16. The number of aromatic nitrogens is 2. The fourth-order valence-electron chi connectivity index (χ4n) is 1.94. The molecule has 0 bridgehead atoms. The first-order valence-electron chi connectivity index (χ1n) is 6.84. The van der Waals surface area contributed by atoms with Crippen molar-refractivity contribution >= 4 is 33.4 Å². The van der Waals surface area contributed by atoms with Gasteiger partial charge in [-0.2, -0.15) is 0 Å². The number of hydrogen-bond donors (Lipinski definition) is 2. The molecule has 2 aromatic heterocycles. The molecule has 0 saturated carbocycles. The van der Waals surface area contributed by atoms with E-state index in [0.29, 0.717) is 10.2 Å². The molecular weight excluding hydrogens is 306 g/mol. The topological polar surface area (TPSA) is 101 Å². The lowest BCUT2D eigenvalue weighted by Crippen LogP contribution is -2.51. The van der Waals surface area contributed by atoms with Crippen molar-refractivity contribution < 1.29 is 14.7 Å². The fraction of sp³-hybridized carbons (Fsp3) is 0.429. The highest BCUT2D eigenvalue weighted by Gasteiger charge is 2.32. The molecule has 1 amide bonds. The summed E-state index contributed by atoms with van der Waals surface area (Å²) in [5.74, 6) is -1.49. The summed E-state index contributed by atoms with van der Waals surface area (Å²) < 4.78 is 1.36. The maximum absolute atomic E-state index is 12.2. The van der Waals surface area contributed by atoms with E-state index in [-0.39, 0.29) is 24.9 Å². The summed E-state index contributed by atoms with van der Waals surface area (Å²) in [5, 5.41) is 13.9. The zero-order valence-corrected chi connectivity index (χ0v) is 13.1. The number of nitrogens with one attached hydrogen (secondary N) is 1. The molecule has 7 nitrogen and oxygen atoms in total. The second kappa shape index (κ2) is 6.27. The van der Waals surface area contributed by atoms with E-state index in [0.717, 1.165) is 0 Å². The predicted molar refractivity (Wildman–Crippen MR) is 83.0 cm³/mol. The Hall–Kier alpha value is -2.22. The number of aryl methyl sites for hydroxylation is 1. The van der Waals surface area contributed by atoms with Crippen LogP contribution in [0.25, 0.3) is 10.2 Å². The van der Waals surface area contributed by atoms with E-state index in [9.17, 15) is 14.4 Å². The van der Waals surface area contributed by atoms with Crippen molar-refractivity contribution in [3.63, 3.8) is 0 Å². The number of hydrogen-bond acceptors (Lipinski definition) is 5. The second-order valence-electron chi connectivity index (χ2n) is 5.17. The SMILES string of the molecule is CCC(C)(NC(=O)CCn1cnc2sccc2c1=O)C(=O)O. The molecule has 118 valence electrons. The standard InChI is InChI=1S/C14H17N3O4S/c1-3-14(2,13(20)21)16-10(18)4-6-17-8-15-11-9(12(17)19)5-7-22-11/h5,7-8H,3-4,6H2,1-2H3,(H,16,18)(H,20,21). The highest BCUT2D eigenvalue weighted by atomic mass is 32.1. The molecule has 2 aromatic rings. The van der Waals surface area contributed by atoms with Gasteiger partial charge in [0, 0.05) is 13.0 Å². The first-order chi connectivity index (χ1) is 10.4. The number of carbonyl (C=O) groups excluding carboxylic acids is 1. The van der Waals surface area contributed by atoms with Gasteiger partial charge in [0.1, 0.15) is 10.4 Å². The number of aliphatic carboxylic acids is 1. The maximum atomic E-state index is 12.2. The predicted octanol–water partition coefficient (Wildman–Crippen LogP) is 1.22. The lowest BCUT2D eigenvalue weighted by atomic mass is 9.99. The number of nitrogens with zero attached hydrogens (tertiary/aromatic N) is 2. The summed E-state index contributed by atoms with van der Waals surface area (Å²) in [5.41, 5.74) is -1.49. The van der Waals surface area contributed by atoms with Crippen molar-refractivity contribution in [1.29, 1.82) is 0 Å². The fourth-order valence-corrected chi connectivity index (χ4v) is 2.66. The Balaban J connectivity index is 2.05. The molecule has 2 heterocycles. The summed E-state index contributed by atoms with van der Waals surface area (Å²) in [6, 6.07) is 1.70. The van der Waals surface area contributed by atoms with E-state index >= 15 is 0 Å². The van der Waals surface area contributed by atoms with Crippen LogP contribution < -0.4 is 10.9 Å². The minimum atomic E-state index is -1.29. The Morgan fingerprint density at radius 1 is 1.50 bits per heavy atom. The minimum Gasteiger partial charge on any atom is -0.480 e. The smallest absolute Gasteiger partial charge is 0.329 e. The van der Waals surface area contributed by atoms with Gasteiger partial charge in [-0.15, -0.1) is 11.3 Å². The lowest BCUT2D eigenvalue weighted by molar-refractivity contribution is -0.147. The van der Waals surface area contributed by atoms with Crippen LogP contribution in [0.1, 0.15) is 26.7 Å². The molecule has 8 heteroatoms. The lowest BCUT2D eigenvalue weighted by Gasteiger charge is -2.24. The molecular formula is C14H17N3O4S. The molecule has 0 saturated heterocycles. The zero-order valence-electron chi connectivity index (χ0n) is 12.3. The normalized spacial score (nSPS) is 13.7. The number of carboxylic acid groups (broad SMARTS) is 1. The maximum Gasteiger partial charge on any atom is 0.329 e. The third-order valence-electron chi connectivity index (χ3n) is 3.62. The quantitative estimate of drug-likeness (QED) is 0.832. The van der Waals surface area contributed by atoms with E-state index in [1.54, 1.807) is 18.4 Å². The van der Waals surface area contributed by atoms with Gasteiger partial charge in [0.25, 0.3) is 5.56 Å². The molecule has 2 rings (SSSR count). The van der Waals surface area contributed by atoms with Gasteiger partial charge < -0.3 is 10.4 Å². The van der Waals surface area contributed by atoms with Gasteiger partial charge in [0.15, 0.2) is 0 Å². The van der Waals surface area contributed by atoms with Crippen molar-refractivity contribution in [3.8, 4) is 0 Å². The average Bonchev–Trinajstić information content (AvgIpc) is 2.95. The Labute approximate surface area is 130 Å². The summed E-state index contributed by atoms with van der Waals surface area (Å²) >= 11 is 1.38. The van der Waals surface area contributed by atoms with Crippen LogP contribution in [0.4, 0.5) is 0 Å². The molecule has 0 aliphatic carbocycles. The second-order valence-corrected chi connectivity index (χ2v) is 6.07. The Bertz CT molecular complexity index is 767. The van der Waals surface area contributed by atoms with Gasteiger partial charge in [-0.3, -0.25) is 14.2 Å². The van der Waals surface area contributed by atoms with E-state index in [1.807, 2.05) is 0 Å². The average molecular weight is 323 g/mol. The van der Waals surface area contributed by atoms with Crippen molar-refractivity contribution in [3.05, 3.63) is 28.1 Å². The monoisotopic (exact) mass is 323 g/mol. The van der Waals surface area contributed by atoms with Crippen LogP contribution >= 0.6 is 11.3 Å². The van der Waals surface area contributed by atoms with Crippen LogP contribution in [-0.2, 0) is 16.1 Å². The van der Waals surface area contributed by atoms with E-state index in [4.69, 9.17) is 5.11 Å². The molecule has 0 aliphatic rings. The summed E-state index contributed by atoms with van der Waals surface area (Å²) in [4.78, 5) is 40.0. The third-order valence-corrected chi connectivity index (χ3v) is 4.45. The molecule has 0 fully saturated rings. The molecule has 0 spiro atoms. The van der Waals surface area contributed by atoms with E-state index in [2.05, 4.69) is 10.3 Å². The van der Waals surface area contributed by atoms with Crippen LogP contribution in [0, 0.1) is 0 Å². The van der Waals surface area contributed by atoms with Crippen LogP contribution in [0.15, 0.2) is 22.6 Å². The van der Waals surface area contributed by atoms with Crippen molar-refractivity contribution in [2.45, 2.75) is 38.8 Å². The molecule has 1 atom stereocenters. The molecule has 0 radical (unpaired) electrons. The van der Waals surface area contributed by atoms with Gasteiger partial charge in [-0.1, -0.05) is 6.92 Å². The van der Waals surface area contributed by atoms with Crippen LogP contribution in [0.2, 0.25) is 0 Å². The number of fused-ring (bicyclic) bond motifs is 1. The summed E-state index contributed by atoms with van der Waals surface area (Å²) in [6.07, 6.45) is 1.70. The van der Waals surface area contributed by atoms with Crippen LogP contribution in [0.5, 0.6) is 0 Å². The first kappa shape index (κ1) is 16.2. The number of rotatable bonds is 6. The summed E-state index contributed by atoms with van der Waals surface area (Å²) in [7, 11) is 0.